The third-order valence-electron chi connectivity index (χ3n) is 2.25. The van der Waals surface area contributed by atoms with E-state index in [2.05, 4.69) is 5.32 Å². The Hall–Kier alpha value is -2.00. The second-order valence-electron chi connectivity index (χ2n) is 3.47. The van der Waals surface area contributed by atoms with Crippen molar-refractivity contribution in [2.75, 3.05) is 5.32 Å². The van der Waals surface area contributed by atoms with Gasteiger partial charge >= 0.3 is 0 Å². The number of hydrogen-bond donors (Lipinski definition) is 1. The maximum absolute atomic E-state index is 10.9. The average Bonchev–Trinajstić information content (AvgIpc) is 2.29. The molecule has 0 aliphatic rings. The van der Waals surface area contributed by atoms with Gasteiger partial charge < -0.3 is 15.2 Å². The second kappa shape index (κ2) is 4.89. The van der Waals surface area contributed by atoms with Crippen LogP contribution >= 0.6 is 11.6 Å². The molecule has 4 heteroatoms. The summed E-state index contributed by atoms with van der Waals surface area (Å²) < 4.78 is 0. The molecule has 0 radical (unpaired) electrons. The Kier molecular flexibility index (Phi) is 3.30. The number of aromatic carboxylic acids is 1. The van der Waals surface area contributed by atoms with Gasteiger partial charge in [0.2, 0.25) is 0 Å². The molecule has 3 nitrogen and oxygen atoms in total. The number of halogens is 1. The minimum absolute atomic E-state index is 0.118. The molecule has 0 bridgehead atoms. The third-order valence-corrected chi connectivity index (χ3v) is 2.49. The van der Waals surface area contributed by atoms with E-state index in [1.807, 2.05) is 0 Å². The summed E-state index contributed by atoms with van der Waals surface area (Å²) in [6, 6.07) is 13.6. The van der Waals surface area contributed by atoms with E-state index in [4.69, 9.17) is 11.6 Å². The number of carboxylic acid groups (broad SMARTS) is 1. The van der Waals surface area contributed by atoms with Gasteiger partial charge in [-0.25, -0.2) is 0 Å². The van der Waals surface area contributed by atoms with Crippen molar-refractivity contribution in [3.8, 4) is 0 Å². The van der Waals surface area contributed by atoms with E-state index >= 15 is 0 Å². The molecule has 2 rings (SSSR count). The highest BCUT2D eigenvalue weighted by atomic mass is 35.5. The first-order valence-electron chi connectivity index (χ1n) is 5.00. The van der Waals surface area contributed by atoms with Gasteiger partial charge in [0, 0.05) is 22.0 Å². The lowest BCUT2D eigenvalue weighted by Gasteiger charge is -2.12. The molecule has 0 heterocycles. The number of carbonyl (C=O) groups is 1. The number of anilines is 2. The lowest BCUT2D eigenvalue weighted by molar-refractivity contribution is -0.254. The molecule has 0 fully saturated rings. The van der Waals surface area contributed by atoms with Crippen LogP contribution in [0.3, 0.4) is 0 Å². The lowest BCUT2D eigenvalue weighted by atomic mass is 10.1. The predicted octanol–water partition coefficient (Wildman–Crippen LogP) is 2.45. The van der Waals surface area contributed by atoms with Gasteiger partial charge in [-0.1, -0.05) is 35.9 Å². The average molecular weight is 247 g/mol. The molecule has 0 unspecified atom stereocenters. The van der Waals surface area contributed by atoms with Gasteiger partial charge in [-0.15, -0.1) is 0 Å². The summed E-state index contributed by atoms with van der Waals surface area (Å²) in [5.74, 6) is -1.21. The predicted molar refractivity (Wildman–Crippen MR) is 65.5 cm³/mol. The minimum Gasteiger partial charge on any atom is -0.545 e. The van der Waals surface area contributed by atoms with Crippen LogP contribution in [0.25, 0.3) is 0 Å². The smallest absolute Gasteiger partial charge is 0.0736 e. The van der Waals surface area contributed by atoms with E-state index in [0.717, 1.165) is 5.69 Å². The Morgan fingerprint density at radius 1 is 1.12 bits per heavy atom. The van der Waals surface area contributed by atoms with Gasteiger partial charge in [0.25, 0.3) is 0 Å². The third kappa shape index (κ3) is 2.77. The van der Waals surface area contributed by atoms with Crippen LogP contribution in [0.2, 0.25) is 5.02 Å². The summed E-state index contributed by atoms with van der Waals surface area (Å²) in [4.78, 5) is 10.9. The monoisotopic (exact) mass is 246 g/mol. The molecule has 0 amide bonds. The van der Waals surface area contributed by atoms with Crippen molar-refractivity contribution in [3.63, 3.8) is 0 Å². The summed E-state index contributed by atoms with van der Waals surface area (Å²) in [6.45, 7) is 0. The van der Waals surface area contributed by atoms with Gasteiger partial charge in [0.1, 0.15) is 0 Å². The second-order valence-corrected chi connectivity index (χ2v) is 3.90. The zero-order chi connectivity index (χ0) is 12.3. The topological polar surface area (TPSA) is 52.2 Å². The van der Waals surface area contributed by atoms with Crippen molar-refractivity contribution < 1.29 is 9.90 Å². The fourth-order valence-corrected chi connectivity index (χ4v) is 1.68. The van der Waals surface area contributed by atoms with E-state index in [1.54, 1.807) is 42.5 Å². The number of carbonyl (C=O) groups excluding carboxylic acids is 1. The highest BCUT2D eigenvalue weighted by molar-refractivity contribution is 6.30. The first-order valence-corrected chi connectivity index (χ1v) is 5.37. The zero-order valence-corrected chi connectivity index (χ0v) is 9.57. The molecule has 2 aromatic rings. The standard InChI is InChI=1S/C13H10ClNO2/c14-9-4-3-5-10(8-9)15-12-7-2-1-6-11(12)13(16)17/h1-8,15H,(H,16,17)/p-1. The van der Waals surface area contributed by atoms with Crippen LogP contribution in [0.5, 0.6) is 0 Å². The summed E-state index contributed by atoms with van der Waals surface area (Å²) in [5.41, 5.74) is 1.33. The molecule has 17 heavy (non-hydrogen) atoms. The number of hydrogen-bond acceptors (Lipinski definition) is 3. The van der Waals surface area contributed by atoms with Gasteiger partial charge in [0.15, 0.2) is 0 Å². The molecular formula is C13H9ClNO2-. The Morgan fingerprint density at radius 2 is 1.88 bits per heavy atom. The largest absolute Gasteiger partial charge is 0.545 e. The normalized spacial score (nSPS) is 9.94. The molecular weight excluding hydrogens is 238 g/mol. The van der Waals surface area contributed by atoms with Crippen molar-refractivity contribution in [1.29, 1.82) is 0 Å². The fraction of sp³-hybridized carbons (Fsp3) is 0. The van der Waals surface area contributed by atoms with E-state index in [0.29, 0.717) is 10.7 Å². The number of carboxylic acids is 1. The van der Waals surface area contributed by atoms with Gasteiger partial charge in [-0.05, 0) is 24.3 Å². The fourth-order valence-electron chi connectivity index (χ4n) is 1.49. The maximum atomic E-state index is 10.9. The highest BCUT2D eigenvalue weighted by Gasteiger charge is 2.02. The summed E-state index contributed by atoms with van der Waals surface area (Å²) in [5, 5.41) is 14.5. The van der Waals surface area contributed by atoms with Crippen LogP contribution in [-0.4, -0.2) is 5.97 Å². The number of rotatable bonds is 3. The molecule has 0 atom stereocenters. The molecule has 0 saturated heterocycles. The molecule has 1 N–H and O–H groups in total. The molecule has 0 spiro atoms. The van der Waals surface area contributed by atoms with E-state index < -0.39 is 5.97 Å². The minimum atomic E-state index is -1.21. The molecule has 0 aliphatic carbocycles. The molecule has 2 aromatic carbocycles. The van der Waals surface area contributed by atoms with Crippen LogP contribution in [0.15, 0.2) is 48.5 Å². The van der Waals surface area contributed by atoms with Gasteiger partial charge in [-0.3, -0.25) is 0 Å². The van der Waals surface area contributed by atoms with Crippen LogP contribution in [-0.2, 0) is 0 Å². The molecule has 0 saturated carbocycles. The van der Waals surface area contributed by atoms with Crippen LogP contribution in [0.1, 0.15) is 10.4 Å². The van der Waals surface area contributed by atoms with Crippen molar-refractivity contribution >= 4 is 28.9 Å². The highest BCUT2D eigenvalue weighted by Crippen LogP contribution is 2.22. The Balaban J connectivity index is 2.33. The van der Waals surface area contributed by atoms with Crippen LogP contribution < -0.4 is 10.4 Å². The van der Waals surface area contributed by atoms with Crippen LogP contribution in [0.4, 0.5) is 11.4 Å². The van der Waals surface area contributed by atoms with Crippen LogP contribution in [0, 0.1) is 0 Å². The van der Waals surface area contributed by atoms with Crippen molar-refractivity contribution in [2.45, 2.75) is 0 Å². The Bertz CT molecular complexity index is 555. The first kappa shape index (κ1) is 11.5. The number of para-hydroxylation sites is 1. The summed E-state index contributed by atoms with van der Waals surface area (Å²) in [7, 11) is 0. The molecule has 86 valence electrons. The quantitative estimate of drug-likeness (QED) is 0.905. The summed E-state index contributed by atoms with van der Waals surface area (Å²) >= 11 is 5.84. The van der Waals surface area contributed by atoms with E-state index in [-0.39, 0.29) is 5.56 Å². The molecule has 0 aliphatic heterocycles. The summed E-state index contributed by atoms with van der Waals surface area (Å²) in [6.07, 6.45) is 0. The SMILES string of the molecule is O=C([O-])c1ccccc1Nc1cccc(Cl)c1. The van der Waals surface area contributed by atoms with Gasteiger partial charge in [-0.2, -0.15) is 0 Å². The first-order chi connectivity index (χ1) is 8.16. The zero-order valence-electron chi connectivity index (χ0n) is 8.81. The van der Waals surface area contributed by atoms with Crippen molar-refractivity contribution in [3.05, 3.63) is 59.1 Å². The maximum Gasteiger partial charge on any atom is 0.0736 e. The van der Waals surface area contributed by atoms with E-state index in [9.17, 15) is 9.90 Å². The van der Waals surface area contributed by atoms with Crippen molar-refractivity contribution in [1.82, 2.24) is 0 Å². The Labute approximate surface area is 104 Å². The number of nitrogens with one attached hydrogen (secondary N) is 1. The van der Waals surface area contributed by atoms with Crippen molar-refractivity contribution in [2.24, 2.45) is 0 Å². The lowest BCUT2D eigenvalue weighted by Crippen LogP contribution is -2.23. The molecule has 0 aromatic heterocycles. The van der Waals surface area contributed by atoms with E-state index in [1.165, 1.54) is 6.07 Å². The number of benzene rings is 2. The van der Waals surface area contributed by atoms with Gasteiger partial charge in [0.05, 0.1) is 5.97 Å². The Morgan fingerprint density at radius 3 is 2.59 bits per heavy atom.